The van der Waals surface area contributed by atoms with Gasteiger partial charge in [0.15, 0.2) is 4.67 Å². The Labute approximate surface area is 109 Å². The molecule has 0 radical (unpaired) electrons. The lowest BCUT2D eigenvalue weighted by molar-refractivity contribution is -0.384. The number of rotatable bonds is 4. The monoisotopic (exact) mass is 314 g/mol. The molecule has 1 N–H and O–H groups in total. The predicted octanol–water partition coefficient (Wildman–Crippen LogP) is 2.50. The van der Waals surface area contributed by atoms with Crippen LogP contribution in [-0.2, 0) is 6.54 Å². The summed E-state index contributed by atoms with van der Waals surface area (Å²) in [5, 5.41) is 19.6. The number of aromatic nitrogens is 1. The van der Waals surface area contributed by atoms with Crippen molar-refractivity contribution in [3.05, 3.63) is 50.6 Å². The molecule has 7 nitrogen and oxygen atoms in total. The molecule has 2 heterocycles. The van der Waals surface area contributed by atoms with Crippen molar-refractivity contribution in [3.63, 3.8) is 0 Å². The molecular formula is C10H7BrN2O5. The fraction of sp³-hybridized carbons (Fsp3) is 0.100. The SMILES string of the molecule is O=C(O)c1cc([N+](=O)[O-])cn1Cc1ccc(Br)o1. The molecule has 2 rings (SSSR count). The van der Waals surface area contributed by atoms with E-state index in [4.69, 9.17) is 9.52 Å². The fourth-order valence-electron chi connectivity index (χ4n) is 1.51. The van der Waals surface area contributed by atoms with E-state index in [2.05, 4.69) is 15.9 Å². The van der Waals surface area contributed by atoms with Crippen molar-refractivity contribution in [2.45, 2.75) is 6.54 Å². The highest BCUT2D eigenvalue weighted by molar-refractivity contribution is 9.10. The summed E-state index contributed by atoms with van der Waals surface area (Å²) in [7, 11) is 0. The van der Waals surface area contributed by atoms with E-state index >= 15 is 0 Å². The first-order valence-corrected chi connectivity index (χ1v) is 5.59. The fourth-order valence-corrected chi connectivity index (χ4v) is 1.85. The van der Waals surface area contributed by atoms with E-state index in [-0.39, 0.29) is 17.9 Å². The molecule has 18 heavy (non-hydrogen) atoms. The molecule has 0 aliphatic heterocycles. The summed E-state index contributed by atoms with van der Waals surface area (Å²) < 4.78 is 6.99. The summed E-state index contributed by atoms with van der Waals surface area (Å²) in [5.41, 5.74) is -0.424. The highest BCUT2D eigenvalue weighted by Gasteiger charge is 2.19. The normalized spacial score (nSPS) is 10.5. The van der Waals surface area contributed by atoms with Gasteiger partial charge in [0.1, 0.15) is 11.5 Å². The summed E-state index contributed by atoms with van der Waals surface area (Å²) in [6.07, 6.45) is 1.17. The number of aromatic carboxylic acids is 1. The summed E-state index contributed by atoms with van der Waals surface area (Å²) in [6, 6.07) is 4.33. The number of nitrogens with zero attached hydrogens (tertiary/aromatic N) is 2. The van der Waals surface area contributed by atoms with Crippen LogP contribution in [0, 0.1) is 10.1 Å². The van der Waals surface area contributed by atoms with Crippen LogP contribution in [-0.4, -0.2) is 20.6 Å². The quantitative estimate of drug-likeness (QED) is 0.690. The van der Waals surface area contributed by atoms with Crippen LogP contribution in [0.3, 0.4) is 0 Å². The van der Waals surface area contributed by atoms with Gasteiger partial charge < -0.3 is 14.1 Å². The van der Waals surface area contributed by atoms with Gasteiger partial charge in [0.05, 0.1) is 17.7 Å². The molecule has 8 heteroatoms. The van der Waals surface area contributed by atoms with Crippen LogP contribution in [0.25, 0.3) is 0 Å². The van der Waals surface area contributed by atoms with E-state index in [1.165, 1.54) is 10.8 Å². The summed E-state index contributed by atoms with van der Waals surface area (Å²) in [5.74, 6) is -0.733. The van der Waals surface area contributed by atoms with E-state index in [1.807, 2.05) is 0 Å². The second-order valence-corrected chi connectivity index (χ2v) is 4.26. The number of carboxylic acid groups (broad SMARTS) is 1. The van der Waals surface area contributed by atoms with Crippen molar-refractivity contribution < 1.29 is 19.2 Å². The highest BCUT2D eigenvalue weighted by atomic mass is 79.9. The molecule has 2 aromatic rings. The summed E-state index contributed by atoms with van der Waals surface area (Å²) in [6.45, 7) is 0.112. The maximum atomic E-state index is 11.0. The highest BCUT2D eigenvalue weighted by Crippen LogP contribution is 2.20. The Hall–Kier alpha value is -2.09. The van der Waals surface area contributed by atoms with Crippen molar-refractivity contribution in [1.82, 2.24) is 4.57 Å². The molecule has 94 valence electrons. The molecule has 0 saturated heterocycles. The zero-order chi connectivity index (χ0) is 13.3. The van der Waals surface area contributed by atoms with E-state index in [0.29, 0.717) is 10.4 Å². The van der Waals surface area contributed by atoms with Crippen LogP contribution in [0.15, 0.2) is 33.5 Å². The van der Waals surface area contributed by atoms with E-state index in [0.717, 1.165) is 6.07 Å². The van der Waals surface area contributed by atoms with Crippen molar-refractivity contribution in [1.29, 1.82) is 0 Å². The largest absolute Gasteiger partial charge is 0.477 e. The van der Waals surface area contributed by atoms with Gasteiger partial charge in [-0.3, -0.25) is 10.1 Å². The van der Waals surface area contributed by atoms with Gasteiger partial charge in [-0.2, -0.15) is 0 Å². The maximum Gasteiger partial charge on any atom is 0.352 e. The first-order valence-electron chi connectivity index (χ1n) is 4.79. The molecule has 0 fully saturated rings. The third-order valence-electron chi connectivity index (χ3n) is 2.27. The van der Waals surface area contributed by atoms with Gasteiger partial charge in [-0.25, -0.2) is 4.79 Å². The Morgan fingerprint density at radius 3 is 2.78 bits per heavy atom. The van der Waals surface area contributed by atoms with Gasteiger partial charge in [0.25, 0.3) is 5.69 Å². The number of hydrogen-bond donors (Lipinski definition) is 1. The maximum absolute atomic E-state index is 11.0. The lowest BCUT2D eigenvalue weighted by Gasteiger charge is -2.02. The number of carbonyl (C=O) groups is 1. The van der Waals surface area contributed by atoms with Crippen LogP contribution in [0.2, 0.25) is 0 Å². The van der Waals surface area contributed by atoms with Crippen molar-refractivity contribution in [2.24, 2.45) is 0 Å². The van der Waals surface area contributed by atoms with Gasteiger partial charge in [-0.15, -0.1) is 0 Å². The first-order chi connectivity index (χ1) is 8.47. The standard InChI is InChI=1S/C10H7BrN2O5/c11-9-2-1-7(18-9)5-12-4-6(13(16)17)3-8(12)10(14)15/h1-4H,5H2,(H,14,15). The van der Waals surface area contributed by atoms with Crippen LogP contribution in [0.4, 0.5) is 5.69 Å². The molecule has 0 unspecified atom stereocenters. The molecular weight excluding hydrogens is 308 g/mol. The van der Waals surface area contributed by atoms with Crippen LogP contribution < -0.4 is 0 Å². The van der Waals surface area contributed by atoms with Crippen LogP contribution >= 0.6 is 15.9 Å². The minimum absolute atomic E-state index is 0.112. The van der Waals surface area contributed by atoms with Gasteiger partial charge in [-0.1, -0.05) is 0 Å². The predicted molar refractivity (Wildman–Crippen MR) is 63.6 cm³/mol. The summed E-state index contributed by atoms with van der Waals surface area (Å²) >= 11 is 3.12. The summed E-state index contributed by atoms with van der Waals surface area (Å²) in [4.78, 5) is 20.9. The molecule has 0 bridgehead atoms. The van der Waals surface area contributed by atoms with Crippen molar-refractivity contribution >= 4 is 27.6 Å². The molecule has 0 amide bonds. The zero-order valence-electron chi connectivity index (χ0n) is 8.87. The topological polar surface area (TPSA) is 98.5 Å². The number of furan rings is 1. The Kier molecular flexibility index (Phi) is 3.19. The molecule has 0 aliphatic rings. The Bertz CT molecular complexity index is 616. The third-order valence-corrected chi connectivity index (χ3v) is 2.69. The van der Waals surface area contributed by atoms with Crippen molar-refractivity contribution in [2.75, 3.05) is 0 Å². The molecule has 0 aliphatic carbocycles. The van der Waals surface area contributed by atoms with Crippen LogP contribution in [0.1, 0.15) is 16.2 Å². The Morgan fingerprint density at radius 1 is 1.56 bits per heavy atom. The van der Waals surface area contributed by atoms with Crippen LogP contribution in [0.5, 0.6) is 0 Å². The average Bonchev–Trinajstić information content (AvgIpc) is 2.85. The second-order valence-electron chi connectivity index (χ2n) is 3.48. The third kappa shape index (κ3) is 2.43. The average molecular weight is 315 g/mol. The molecule has 0 spiro atoms. The van der Waals surface area contributed by atoms with Crippen molar-refractivity contribution in [3.8, 4) is 0 Å². The van der Waals surface area contributed by atoms with E-state index < -0.39 is 10.9 Å². The van der Waals surface area contributed by atoms with Gasteiger partial charge in [0.2, 0.25) is 0 Å². The van der Waals surface area contributed by atoms with Gasteiger partial charge >= 0.3 is 5.97 Å². The van der Waals surface area contributed by atoms with Gasteiger partial charge in [-0.05, 0) is 28.1 Å². The smallest absolute Gasteiger partial charge is 0.352 e. The number of carboxylic acids is 1. The number of hydrogen-bond acceptors (Lipinski definition) is 4. The molecule has 0 atom stereocenters. The number of halogens is 1. The molecule has 2 aromatic heterocycles. The number of nitro groups is 1. The Morgan fingerprint density at radius 2 is 2.28 bits per heavy atom. The molecule has 0 saturated carbocycles. The molecule has 0 aromatic carbocycles. The minimum Gasteiger partial charge on any atom is -0.477 e. The lowest BCUT2D eigenvalue weighted by Crippen LogP contribution is -2.07. The van der Waals surface area contributed by atoms with Gasteiger partial charge in [0, 0.05) is 6.07 Å². The minimum atomic E-state index is -1.23. The zero-order valence-corrected chi connectivity index (χ0v) is 10.5. The first kappa shape index (κ1) is 12.4. The Balaban J connectivity index is 2.36. The lowest BCUT2D eigenvalue weighted by atomic mass is 10.4. The second kappa shape index (κ2) is 4.65. The van der Waals surface area contributed by atoms with E-state index in [1.54, 1.807) is 12.1 Å². The van der Waals surface area contributed by atoms with E-state index in [9.17, 15) is 14.9 Å².